The van der Waals surface area contributed by atoms with E-state index in [1.54, 1.807) is 48.5 Å². The maximum Gasteiger partial charge on any atom is 0.348 e. The SMILES string of the molecule is CCCCC(=O)Oc1cccc(Nc2nc3ccccc3c(=O)o2)c1. The van der Waals surface area contributed by atoms with E-state index >= 15 is 0 Å². The number of aromatic nitrogens is 1. The molecule has 1 N–H and O–H groups in total. The van der Waals surface area contributed by atoms with Crippen LogP contribution >= 0.6 is 0 Å². The number of fused-ring (bicyclic) bond motifs is 1. The van der Waals surface area contributed by atoms with E-state index in [1.165, 1.54) is 0 Å². The average Bonchev–Trinajstić information content (AvgIpc) is 2.60. The lowest BCUT2D eigenvalue weighted by Gasteiger charge is -2.08. The molecule has 0 saturated heterocycles. The summed E-state index contributed by atoms with van der Waals surface area (Å²) in [5.41, 5.74) is 0.686. The molecule has 0 aliphatic heterocycles. The van der Waals surface area contributed by atoms with E-state index < -0.39 is 5.63 Å². The van der Waals surface area contributed by atoms with E-state index in [2.05, 4.69) is 10.3 Å². The lowest BCUT2D eigenvalue weighted by atomic mass is 10.2. The molecule has 0 radical (unpaired) electrons. The predicted molar refractivity (Wildman–Crippen MR) is 95.2 cm³/mol. The number of nitrogens with zero attached hydrogens (tertiary/aromatic N) is 1. The van der Waals surface area contributed by atoms with Crippen LogP contribution in [-0.4, -0.2) is 11.0 Å². The van der Waals surface area contributed by atoms with Crippen molar-refractivity contribution in [1.82, 2.24) is 4.98 Å². The van der Waals surface area contributed by atoms with Gasteiger partial charge >= 0.3 is 17.6 Å². The minimum Gasteiger partial charge on any atom is -0.426 e. The van der Waals surface area contributed by atoms with Gasteiger partial charge in [-0.2, -0.15) is 4.98 Å². The van der Waals surface area contributed by atoms with Crippen LogP contribution in [0.15, 0.2) is 57.7 Å². The van der Waals surface area contributed by atoms with Crippen LogP contribution in [-0.2, 0) is 4.79 Å². The zero-order valence-electron chi connectivity index (χ0n) is 13.8. The number of para-hydroxylation sites is 1. The molecule has 0 unspecified atom stereocenters. The molecule has 2 aromatic carbocycles. The molecule has 1 heterocycles. The smallest absolute Gasteiger partial charge is 0.348 e. The van der Waals surface area contributed by atoms with Crippen LogP contribution in [0.4, 0.5) is 11.7 Å². The number of ether oxygens (including phenoxy) is 1. The van der Waals surface area contributed by atoms with Gasteiger partial charge in [0, 0.05) is 18.2 Å². The minimum atomic E-state index is -0.463. The second-order valence-corrected chi connectivity index (χ2v) is 5.55. The van der Waals surface area contributed by atoms with Crippen molar-refractivity contribution < 1.29 is 13.9 Å². The number of benzene rings is 2. The molecular formula is C19H18N2O4. The van der Waals surface area contributed by atoms with Crippen LogP contribution in [0.2, 0.25) is 0 Å². The molecule has 3 aromatic rings. The fourth-order valence-electron chi connectivity index (χ4n) is 2.34. The first-order valence-corrected chi connectivity index (χ1v) is 8.13. The van der Waals surface area contributed by atoms with Crippen LogP contribution in [0.1, 0.15) is 26.2 Å². The lowest BCUT2D eigenvalue weighted by molar-refractivity contribution is -0.134. The molecule has 25 heavy (non-hydrogen) atoms. The summed E-state index contributed by atoms with van der Waals surface area (Å²) in [5.74, 6) is 0.156. The molecule has 0 atom stereocenters. The van der Waals surface area contributed by atoms with Gasteiger partial charge in [-0.25, -0.2) is 4.79 Å². The molecule has 1 aromatic heterocycles. The largest absolute Gasteiger partial charge is 0.426 e. The highest BCUT2D eigenvalue weighted by molar-refractivity contribution is 5.78. The molecule has 0 aliphatic rings. The van der Waals surface area contributed by atoms with E-state index in [4.69, 9.17) is 9.15 Å². The summed E-state index contributed by atoms with van der Waals surface area (Å²) in [7, 11) is 0. The topological polar surface area (TPSA) is 81.4 Å². The third-order valence-corrected chi connectivity index (χ3v) is 3.59. The number of carbonyl (C=O) groups excluding carboxylic acids is 1. The van der Waals surface area contributed by atoms with Gasteiger partial charge in [-0.1, -0.05) is 31.5 Å². The fraction of sp³-hybridized carbons (Fsp3) is 0.211. The highest BCUT2D eigenvalue weighted by Crippen LogP contribution is 2.21. The van der Waals surface area contributed by atoms with Gasteiger partial charge in [0.2, 0.25) is 0 Å². The predicted octanol–water partition coefficient (Wildman–Crippen LogP) is 4.03. The van der Waals surface area contributed by atoms with Crippen LogP contribution in [0.5, 0.6) is 5.75 Å². The number of esters is 1. The van der Waals surface area contributed by atoms with Crippen molar-refractivity contribution in [2.45, 2.75) is 26.2 Å². The Morgan fingerprint density at radius 1 is 1.20 bits per heavy atom. The zero-order chi connectivity index (χ0) is 17.6. The van der Waals surface area contributed by atoms with Crippen molar-refractivity contribution in [3.63, 3.8) is 0 Å². The van der Waals surface area contributed by atoms with Gasteiger partial charge in [0.25, 0.3) is 0 Å². The Morgan fingerprint density at radius 3 is 2.88 bits per heavy atom. The molecule has 6 nitrogen and oxygen atoms in total. The third kappa shape index (κ3) is 4.23. The van der Waals surface area contributed by atoms with Gasteiger partial charge in [0.05, 0.1) is 10.9 Å². The molecule has 128 valence electrons. The highest BCUT2D eigenvalue weighted by atomic mass is 16.5. The third-order valence-electron chi connectivity index (χ3n) is 3.59. The highest BCUT2D eigenvalue weighted by Gasteiger charge is 2.08. The van der Waals surface area contributed by atoms with Gasteiger partial charge in [0.15, 0.2) is 0 Å². The minimum absolute atomic E-state index is 0.0816. The Morgan fingerprint density at radius 2 is 2.04 bits per heavy atom. The van der Waals surface area contributed by atoms with Crippen molar-refractivity contribution in [3.05, 3.63) is 59.0 Å². The van der Waals surface area contributed by atoms with E-state index in [9.17, 15) is 9.59 Å². The lowest BCUT2D eigenvalue weighted by Crippen LogP contribution is -2.08. The molecular weight excluding hydrogens is 320 g/mol. The van der Waals surface area contributed by atoms with Gasteiger partial charge in [-0.15, -0.1) is 0 Å². The number of rotatable bonds is 6. The number of unbranched alkanes of at least 4 members (excludes halogenated alkanes) is 1. The molecule has 0 bridgehead atoms. The first kappa shape index (κ1) is 16.7. The standard InChI is InChI=1S/C19H18N2O4/c1-2-3-11-17(22)24-14-8-6-7-13(12-14)20-19-21-16-10-5-4-9-15(16)18(23)25-19/h4-10,12H,2-3,11H2,1H3,(H,20,21). The van der Waals surface area contributed by atoms with Crippen molar-refractivity contribution in [3.8, 4) is 5.75 Å². The van der Waals surface area contributed by atoms with Crippen LogP contribution < -0.4 is 15.7 Å². The van der Waals surface area contributed by atoms with Crippen molar-refractivity contribution in [2.24, 2.45) is 0 Å². The maximum absolute atomic E-state index is 12.0. The van der Waals surface area contributed by atoms with Gasteiger partial charge in [-0.3, -0.25) is 4.79 Å². The molecule has 0 aliphatic carbocycles. The summed E-state index contributed by atoms with van der Waals surface area (Å²) in [6.07, 6.45) is 2.11. The molecule has 0 saturated carbocycles. The van der Waals surface area contributed by atoms with Crippen LogP contribution in [0, 0.1) is 0 Å². The van der Waals surface area contributed by atoms with Gasteiger partial charge in [-0.05, 0) is 30.7 Å². The van der Waals surface area contributed by atoms with Gasteiger partial charge < -0.3 is 14.5 Å². The summed E-state index contributed by atoms with van der Waals surface area (Å²) >= 11 is 0. The normalized spacial score (nSPS) is 10.6. The van der Waals surface area contributed by atoms with E-state index in [0.29, 0.717) is 28.8 Å². The van der Waals surface area contributed by atoms with E-state index in [1.807, 2.05) is 6.92 Å². The Bertz CT molecular complexity index is 949. The summed E-state index contributed by atoms with van der Waals surface area (Å²) in [5, 5.41) is 3.35. The quantitative estimate of drug-likeness (QED) is 0.540. The fourth-order valence-corrected chi connectivity index (χ4v) is 2.34. The first-order valence-electron chi connectivity index (χ1n) is 8.13. The van der Waals surface area contributed by atoms with E-state index in [0.717, 1.165) is 12.8 Å². The van der Waals surface area contributed by atoms with Crippen molar-refractivity contribution in [1.29, 1.82) is 0 Å². The second kappa shape index (κ2) is 7.61. The Hall–Kier alpha value is -3.15. The van der Waals surface area contributed by atoms with E-state index in [-0.39, 0.29) is 12.0 Å². The number of nitrogens with one attached hydrogen (secondary N) is 1. The molecule has 3 rings (SSSR count). The van der Waals surface area contributed by atoms with Crippen molar-refractivity contribution in [2.75, 3.05) is 5.32 Å². The van der Waals surface area contributed by atoms with Crippen molar-refractivity contribution >= 4 is 28.6 Å². The summed E-state index contributed by atoms with van der Waals surface area (Å²) in [6.45, 7) is 2.02. The van der Waals surface area contributed by atoms with Crippen LogP contribution in [0.25, 0.3) is 10.9 Å². The summed E-state index contributed by atoms with van der Waals surface area (Å²) in [6, 6.07) is 13.9. The summed E-state index contributed by atoms with van der Waals surface area (Å²) in [4.78, 5) is 28.0. The number of hydrogen-bond acceptors (Lipinski definition) is 6. The average molecular weight is 338 g/mol. The molecule has 6 heteroatoms. The molecule has 0 amide bonds. The summed E-state index contributed by atoms with van der Waals surface area (Å²) < 4.78 is 10.5. The van der Waals surface area contributed by atoms with Crippen LogP contribution in [0.3, 0.4) is 0 Å². The Labute approximate surface area is 144 Å². The maximum atomic E-state index is 12.0. The monoisotopic (exact) mass is 338 g/mol. The van der Waals surface area contributed by atoms with Gasteiger partial charge in [0.1, 0.15) is 5.75 Å². The zero-order valence-corrected chi connectivity index (χ0v) is 13.8. The molecule has 0 spiro atoms. The Balaban J connectivity index is 1.78. The Kier molecular flexibility index (Phi) is 5.09. The number of anilines is 2. The first-order chi connectivity index (χ1) is 12.2. The number of carbonyl (C=O) groups is 1. The number of hydrogen-bond donors (Lipinski definition) is 1. The molecule has 0 fully saturated rings. The second-order valence-electron chi connectivity index (χ2n) is 5.55.